The fraction of sp³-hybridized carbons (Fsp3) is 0.320. The molecular formula is C25H27FN4O2. The summed E-state index contributed by atoms with van der Waals surface area (Å²) in [5, 5.41) is 3.00. The fourth-order valence-corrected chi connectivity index (χ4v) is 4.25. The first-order valence-electron chi connectivity index (χ1n) is 11.0. The van der Waals surface area contributed by atoms with Crippen LogP contribution < -0.4 is 11.0 Å². The molecule has 0 unspecified atom stereocenters. The van der Waals surface area contributed by atoms with E-state index in [0.29, 0.717) is 30.8 Å². The number of anilines is 1. The third-order valence-electron chi connectivity index (χ3n) is 5.92. The Kier molecular flexibility index (Phi) is 6.94. The Hall–Kier alpha value is -3.48. The Morgan fingerprint density at radius 2 is 1.94 bits per heavy atom. The van der Waals surface area contributed by atoms with Gasteiger partial charge in [-0.05, 0) is 54.7 Å². The van der Waals surface area contributed by atoms with Crippen molar-refractivity contribution in [3.63, 3.8) is 0 Å². The minimum Gasteiger partial charge on any atom is -0.321 e. The van der Waals surface area contributed by atoms with E-state index >= 15 is 0 Å². The highest BCUT2D eigenvalue weighted by Crippen LogP contribution is 2.25. The first-order valence-corrected chi connectivity index (χ1v) is 11.0. The van der Waals surface area contributed by atoms with Gasteiger partial charge in [0.15, 0.2) is 0 Å². The van der Waals surface area contributed by atoms with Crippen LogP contribution in [-0.2, 0) is 13.0 Å². The molecule has 32 heavy (non-hydrogen) atoms. The molecule has 166 valence electrons. The number of aromatic nitrogens is 2. The first-order chi connectivity index (χ1) is 15.6. The Morgan fingerprint density at radius 1 is 1.12 bits per heavy atom. The highest BCUT2D eigenvalue weighted by molar-refractivity contribution is 5.89. The Labute approximate surface area is 186 Å². The van der Waals surface area contributed by atoms with Gasteiger partial charge in [0.2, 0.25) is 0 Å². The van der Waals surface area contributed by atoms with Crippen LogP contribution in [0.2, 0.25) is 0 Å². The molecule has 4 rings (SSSR count). The van der Waals surface area contributed by atoms with Crippen molar-refractivity contribution in [2.75, 3.05) is 11.9 Å². The van der Waals surface area contributed by atoms with Gasteiger partial charge in [-0.1, -0.05) is 43.2 Å². The second-order valence-electron chi connectivity index (χ2n) is 8.13. The number of halogens is 1. The molecule has 1 N–H and O–H groups in total. The van der Waals surface area contributed by atoms with Gasteiger partial charge in [0.05, 0.1) is 6.54 Å². The van der Waals surface area contributed by atoms with Gasteiger partial charge in [0.25, 0.3) is 0 Å². The van der Waals surface area contributed by atoms with Gasteiger partial charge < -0.3 is 10.2 Å². The maximum atomic E-state index is 14.1. The Balaban J connectivity index is 1.46. The summed E-state index contributed by atoms with van der Waals surface area (Å²) in [7, 11) is 0. The van der Waals surface area contributed by atoms with Crippen molar-refractivity contribution in [2.24, 2.45) is 0 Å². The van der Waals surface area contributed by atoms with Gasteiger partial charge in [-0.25, -0.2) is 19.0 Å². The standard InChI is InChI=1S/C25H27FN4O2/c26-23-12-4-1-8-20(23)13-16-30(22-10-2-3-11-22)25(32)28-21-9-5-7-19(17-21)18-29-15-6-14-27-24(29)31/h1,4-9,12,14-15,17,22H,2-3,10-11,13,16,18H2,(H,28,32). The molecule has 1 heterocycles. The van der Waals surface area contributed by atoms with Crippen LogP contribution in [0.25, 0.3) is 0 Å². The van der Waals surface area contributed by atoms with Crippen molar-refractivity contribution < 1.29 is 9.18 Å². The molecular weight excluding hydrogens is 407 g/mol. The van der Waals surface area contributed by atoms with E-state index in [2.05, 4.69) is 10.3 Å². The highest BCUT2D eigenvalue weighted by Gasteiger charge is 2.26. The zero-order valence-corrected chi connectivity index (χ0v) is 17.9. The van der Waals surface area contributed by atoms with Crippen molar-refractivity contribution in [1.82, 2.24) is 14.5 Å². The number of hydrogen-bond donors (Lipinski definition) is 1. The molecule has 3 aromatic rings. The van der Waals surface area contributed by atoms with Crippen LogP contribution in [0.5, 0.6) is 0 Å². The number of benzene rings is 2. The molecule has 0 saturated heterocycles. The number of carbonyl (C=O) groups excluding carboxylic acids is 1. The van der Waals surface area contributed by atoms with E-state index in [1.54, 1.807) is 24.4 Å². The maximum Gasteiger partial charge on any atom is 0.347 e. The van der Waals surface area contributed by atoms with Crippen molar-refractivity contribution in [3.8, 4) is 0 Å². The quantitative estimate of drug-likeness (QED) is 0.597. The molecule has 1 aromatic heterocycles. The molecule has 2 aromatic carbocycles. The van der Waals surface area contributed by atoms with E-state index in [0.717, 1.165) is 31.2 Å². The molecule has 7 heteroatoms. The second kappa shape index (κ2) is 10.2. The zero-order valence-electron chi connectivity index (χ0n) is 17.9. The predicted molar refractivity (Wildman–Crippen MR) is 122 cm³/mol. The average molecular weight is 435 g/mol. The van der Waals surface area contributed by atoms with Crippen molar-refractivity contribution >= 4 is 11.7 Å². The van der Waals surface area contributed by atoms with Crippen LogP contribution in [0.15, 0.2) is 71.8 Å². The van der Waals surface area contributed by atoms with Gasteiger partial charge in [-0.3, -0.25) is 4.57 Å². The summed E-state index contributed by atoms with van der Waals surface area (Å²) in [4.78, 5) is 30.7. The monoisotopic (exact) mass is 434 g/mol. The zero-order chi connectivity index (χ0) is 22.3. The van der Waals surface area contributed by atoms with E-state index in [9.17, 15) is 14.0 Å². The molecule has 1 aliphatic carbocycles. The minimum atomic E-state index is -0.317. The molecule has 1 fully saturated rings. The van der Waals surface area contributed by atoms with Crippen LogP contribution in [0.4, 0.5) is 14.9 Å². The molecule has 0 spiro atoms. The molecule has 1 aliphatic rings. The van der Waals surface area contributed by atoms with Gasteiger partial charge in [-0.15, -0.1) is 0 Å². The Morgan fingerprint density at radius 3 is 2.72 bits per heavy atom. The molecule has 0 atom stereocenters. The molecule has 1 saturated carbocycles. The summed E-state index contributed by atoms with van der Waals surface area (Å²) in [6.45, 7) is 0.832. The SMILES string of the molecule is O=C(Nc1cccc(Cn2cccnc2=O)c1)N(CCc1ccccc1F)C1CCCC1. The lowest BCUT2D eigenvalue weighted by molar-refractivity contribution is 0.189. The largest absolute Gasteiger partial charge is 0.347 e. The van der Waals surface area contributed by atoms with Gasteiger partial charge in [0, 0.05) is 30.7 Å². The summed E-state index contributed by atoms with van der Waals surface area (Å²) in [6.07, 6.45) is 7.76. The first kappa shape index (κ1) is 21.7. The van der Waals surface area contributed by atoms with Crippen molar-refractivity contribution in [3.05, 3.63) is 94.4 Å². The van der Waals surface area contributed by atoms with Crippen molar-refractivity contribution in [1.29, 1.82) is 0 Å². The van der Waals surface area contributed by atoms with E-state index in [4.69, 9.17) is 0 Å². The van der Waals surface area contributed by atoms with Crippen LogP contribution in [0.3, 0.4) is 0 Å². The predicted octanol–water partition coefficient (Wildman–Crippen LogP) is 4.45. The number of nitrogens with one attached hydrogen (secondary N) is 1. The number of nitrogens with zero attached hydrogens (tertiary/aromatic N) is 3. The van der Waals surface area contributed by atoms with Gasteiger partial charge in [-0.2, -0.15) is 0 Å². The van der Waals surface area contributed by atoms with E-state index < -0.39 is 0 Å². The third kappa shape index (κ3) is 5.41. The minimum absolute atomic E-state index is 0.166. The fourth-order valence-electron chi connectivity index (χ4n) is 4.25. The average Bonchev–Trinajstić information content (AvgIpc) is 3.31. The number of hydrogen-bond acceptors (Lipinski definition) is 3. The van der Waals surface area contributed by atoms with E-state index in [1.165, 1.54) is 16.8 Å². The maximum absolute atomic E-state index is 14.1. The number of rotatable bonds is 7. The van der Waals surface area contributed by atoms with Crippen LogP contribution in [0.1, 0.15) is 36.8 Å². The lowest BCUT2D eigenvalue weighted by Gasteiger charge is -2.29. The van der Waals surface area contributed by atoms with Crippen LogP contribution in [-0.4, -0.2) is 33.1 Å². The molecule has 0 bridgehead atoms. The molecule has 0 radical (unpaired) electrons. The van der Waals surface area contributed by atoms with Crippen molar-refractivity contribution in [2.45, 2.75) is 44.7 Å². The normalized spacial score (nSPS) is 13.8. The summed E-state index contributed by atoms with van der Waals surface area (Å²) < 4.78 is 15.6. The molecule has 0 aliphatic heterocycles. The lowest BCUT2D eigenvalue weighted by atomic mass is 10.1. The smallest absolute Gasteiger partial charge is 0.321 e. The number of carbonyl (C=O) groups is 1. The number of urea groups is 1. The third-order valence-corrected chi connectivity index (χ3v) is 5.92. The van der Waals surface area contributed by atoms with Crippen LogP contribution in [0, 0.1) is 5.82 Å². The summed E-state index contributed by atoms with van der Waals surface area (Å²) >= 11 is 0. The molecule has 6 nitrogen and oxygen atoms in total. The molecule has 2 amide bonds. The van der Waals surface area contributed by atoms with Crippen LogP contribution >= 0.6 is 0 Å². The Bertz CT molecular complexity index is 1120. The van der Waals surface area contributed by atoms with E-state index in [1.807, 2.05) is 35.2 Å². The summed E-state index contributed by atoms with van der Waals surface area (Å²) in [5.74, 6) is -0.238. The second-order valence-corrected chi connectivity index (χ2v) is 8.13. The highest BCUT2D eigenvalue weighted by atomic mass is 19.1. The number of amides is 2. The van der Waals surface area contributed by atoms with E-state index in [-0.39, 0.29) is 23.6 Å². The summed E-state index contributed by atoms with van der Waals surface area (Å²) in [5.41, 5.74) is 1.85. The topological polar surface area (TPSA) is 67.2 Å². The van der Waals surface area contributed by atoms with Gasteiger partial charge >= 0.3 is 11.7 Å². The lowest BCUT2D eigenvalue weighted by Crippen LogP contribution is -2.43. The summed E-state index contributed by atoms with van der Waals surface area (Å²) in [6, 6.07) is 15.9. The van der Waals surface area contributed by atoms with Gasteiger partial charge in [0.1, 0.15) is 5.82 Å².